The Bertz CT molecular complexity index is 1670. The van der Waals surface area contributed by atoms with Crippen molar-refractivity contribution in [2.45, 2.75) is 404 Å². The van der Waals surface area contributed by atoms with Crippen molar-refractivity contribution in [3.05, 3.63) is 72.9 Å². The van der Waals surface area contributed by atoms with Crippen molar-refractivity contribution in [3.8, 4) is 0 Å². The number of hydrogen-bond donors (Lipinski definition) is 0. The summed E-state index contributed by atoms with van der Waals surface area (Å²) in [6.07, 6.45) is 18.5. The normalized spacial score (nSPS) is 10.9. The molecule has 0 aromatic carbocycles. The highest BCUT2D eigenvalue weighted by molar-refractivity contribution is 5.81. The molecule has 0 heterocycles. The number of unbranched alkanes of at least 4 members (excludes halogenated alkanes) is 3. The van der Waals surface area contributed by atoms with E-state index in [1.165, 1.54) is 78.4 Å². The lowest BCUT2D eigenvalue weighted by atomic mass is 9.97. The summed E-state index contributed by atoms with van der Waals surface area (Å²) in [5, 5.41) is 0. The SMILES string of the molecule is C.C=C(C)C(C)C.C=C(C)C(C)C.C=C(C)C(C)C.C=C(C)C(C)C.C=C(C)C(C)C.C=C(C)C(C)C.CC(C)C.CC(C)C.CCCC(C)C.CCCC(OC)C(C)=O.CCCC(OCC)C(C)=O.CCCCC(CC)CC.CCCCC(OC)C(=O)N(C)C.CCCCC(OCC)C(=O)N(C)C. The lowest BCUT2D eigenvalue weighted by molar-refractivity contribution is -0.141. The lowest BCUT2D eigenvalue weighted by Gasteiger charge is -2.19. The Morgan fingerprint density at radius 1 is 0.308 bits per heavy atom. The van der Waals surface area contributed by atoms with Crippen LogP contribution in [0.2, 0.25) is 0 Å². The molecule has 0 aromatic rings. The zero-order valence-corrected chi connectivity index (χ0v) is 78.9. The van der Waals surface area contributed by atoms with Gasteiger partial charge in [-0.2, -0.15) is 0 Å². The summed E-state index contributed by atoms with van der Waals surface area (Å²) in [6.45, 7) is 104. The zero-order valence-electron chi connectivity index (χ0n) is 78.9. The minimum Gasteiger partial charge on any atom is -0.374 e. The van der Waals surface area contributed by atoms with Gasteiger partial charge in [0.15, 0.2) is 11.6 Å². The quantitative estimate of drug-likeness (QED) is 0.0598. The molecule has 10 nitrogen and oxygen atoms in total. The Morgan fingerprint density at radius 3 is 0.654 bits per heavy atom. The van der Waals surface area contributed by atoms with E-state index in [2.05, 4.69) is 226 Å². The first kappa shape index (κ1) is 136. The first-order valence-corrected chi connectivity index (χ1v) is 40.8. The molecule has 0 aliphatic rings. The van der Waals surface area contributed by atoms with Crippen molar-refractivity contribution >= 4 is 23.4 Å². The van der Waals surface area contributed by atoms with Crippen molar-refractivity contribution in [2.75, 3.05) is 55.6 Å². The number of rotatable bonds is 33. The van der Waals surface area contributed by atoms with Crippen LogP contribution in [0.5, 0.6) is 0 Å². The molecule has 0 aliphatic carbocycles. The van der Waals surface area contributed by atoms with E-state index in [0.29, 0.717) is 48.7 Å². The van der Waals surface area contributed by atoms with Gasteiger partial charge in [0.1, 0.15) is 24.4 Å². The second-order valence-electron chi connectivity index (χ2n) is 31.4. The molecular weight excluding hydrogens is 1290 g/mol. The third kappa shape index (κ3) is 148. The molecule has 0 rings (SSSR count). The van der Waals surface area contributed by atoms with E-state index in [1.54, 1.807) is 66.1 Å². The fourth-order valence-corrected chi connectivity index (χ4v) is 5.56. The molecule has 634 valence electrons. The average Bonchev–Trinajstić information content (AvgIpc) is 0.940. The van der Waals surface area contributed by atoms with E-state index in [9.17, 15) is 19.2 Å². The molecule has 0 spiro atoms. The summed E-state index contributed by atoms with van der Waals surface area (Å²) in [4.78, 5) is 47.5. The molecule has 2 amide bonds. The molecule has 0 N–H and O–H groups in total. The van der Waals surface area contributed by atoms with Crippen LogP contribution in [0, 0.1) is 59.2 Å². The van der Waals surface area contributed by atoms with Gasteiger partial charge in [-0.05, 0) is 154 Å². The van der Waals surface area contributed by atoms with Crippen LogP contribution in [0.4, 0.5) is 0 Å². The zero-order chi connectivity index (χ0) is 85.3. The Labute approximate surface area is 659 Å². The third-order valence-corrected chi connectivity index (χ3v) is 15.3. The van der Waals surface area contributed by atoms with Crippen molar-refractivity contribution < 1.29 is 38.1 Å². The predicted molar refractivity (Wildman–Crippen MR) is 479 cm³/mol. The molecule has 4 unspecified atom stereocenters. The molecular formula is C94H200N2O8. The summed E-state index contributed by atoms with van der Waals surface area (Å²) < 4.78 is 20.6. The van der Waals surface area contributed by atoms with Gasteiger partial charge in [0.25, 0.3) is 11.8 Å². The minimum absolute atomic E-state index is 0. The Morgan fingerprint density at radius 2 is 0.510 bits per heavy atom. The van der Waals surface area contributed by atoms with Crippen molar-refractivity contribution in [3.63, 3.8) is 0 Å². The first-order valence-electron chi connectivity index (χ1n) is 40.8. The molecule has 0 aromatic heterocycles. The number of nitrogens with zero attached hydrogens (tertiary/aromatic N) is 2. The van der Waals surface area contributed by atoms with E-state index in [0.717, 1.165) is 87.9 Å². The van der Waals surface area contributed by atoms with E-state index < -0.39 is 0 Å². The number of methoxy groups -OCH3 is 2. The van der Waals surface area contributed by atoms with Crippen LogP contribution in [-0.2, 0) is 38.1 Å². The standard InChI is InChI=1S/C10H21NO2.C9H19NO2.C9H20.C8H16O2.C7H14O2.6C6H12.C6H14.2C4H10.CH4/c1-5-7-8-9(13-6-2)10(12)11(3)4;1-5-6-7-8(12-4)9(11)10(2)3;1-4-7-8-9(5-2)6-3;1-4-6-8(7(3)9)10-5-2;1-4-5-7(9-3)6(2)8;6*1-5(2)6(3)4;1-4-5-6(2)3;2*1-4(2)3;/h9H,5-8H2,1-4H3;8H,5-7H2,1-4H3;9H,4-8H2,1-3H3;8H,4-6H2,1-3H3;7H,4-5H2,1-3H3;6*6H,1H2,2-4H3;6H,4-5H2,1-3H3;2*4H,1-3H3;1H4. The van der Waals surface area contributed by atoms with Gasteiger partial charge in [-0.25, -0.2) is 0 Å². The maximum Gasteiger partial charge on any atom is 0.251 e. The van der Waals surface area contributed by atoms with E-state index in [4.69, 9.17) is 18.9 Å². The summed E-state index contributed by atoms with van der Waals surface area (Å²) >= 11 is 0. The highest BCUT2D eigenvalue weighted by atomic mass is 16.5. The van der Waals surface area contributed by atoms with Crippen LogP contribution in [0.25, 0.3) is 0 Å². The smallest absolute Gasteiger partial charge is 0.251 e. The Hall–Kier alpha value is -3.44. The number of allylic oxidation sites excluding steroid dienone is 6. The van der Waals surface area contributed by atoms with Gasteiger partial charge in [-0.1, -0.05) is 358 Å². The van der Waals surface area contributed by atoms with E-state index in [-0.39, 0.29) is 55.2 Å². The molecule has 0 fully saturated rings. The fourth-order valence-electron chi connectivity index (χ4n) is 5.56. The van der Waals surface area contributed by atoms with Crippen LogP contribution in [0.1, 0.15) is 380 Å². The van der Waals surface area contributed by atoms with Crippen LogP contribution < -0.4 is 0 Å². The number of hydrogen-bond acceptors (Lipinski definition) is 8. The third-order valence-electron chi connectivity index (χ3n) is 15.3. The number of likely N-dealkylation sites (N-methyl/N-ethyl adjacent to an activating group) is 2. The number of Topliss-reactive ketones (excluding diaryl/α,β-unsaturated/α-hetero) is 2. The number of ketones is 2. The predicted octanol–water partition coefficient (Wildman–Crippen LogP) is 29.4. The van der Waals surface area contributed by atoms with Crippen molar-refractivity contribution in [1.82, 2.24) is 9.80 Å². The Kier molecular flexibility index (Phi) is 133. The summed E-state index contributed by atoms with van der Waals surface area (Å²) in [5.74, 6) is 7.92. The van der Waals surface area contributed by atoms with Gasteiger partial charge in [0.05, 0.1) is 0 Å². The van der Waals surface area contributed by atoms with Crippen LogP contribution in [-0.4, -0.2) is 113 Å². The van der Waals surface area contributed by atoms with E-state index >= 15 is 0 Å². The topological polar surface area (TPSA) is 112 Å². The number of carbonyl (C=O) groups excluding carboxylic acids is 4. The molecule has 0 aliphatic heterocycles. The van der Waals surface area contributed by atoms with Crippen LogP contribution >= 0.6 is 0 Å². The highest BCUT2D eigenvalue weighted by Gasteiger charge is 2.20. The second-order valence-corrected chi connectivity index (χ2v) is 31.4. The van der Waals surface area contributed by atoms with Gasteiger partial charge in [0.2, 0.25) is 0 Å². The van der Waals surface area contributed by atoms with Gasteiger partial charge >= 0.3 is 0 Å². The van der Waals surface area contributed by atoms with Crippen LogP contribution in [0.15, 0.2) is 72.9 Å². The monoisotopic (exact) mass is 1490 g/mol. The second kappa shape index (κ2) is 102. The molecule has 0 radical (unpaired) electrons. The Balaban J connectivity index is -0.0000000639. The molecule has 0 saturated heterocycles. The van der Waals surface area contributed by atoms with Gasteiger partial charge in [0, 0.05) is 55.6 Å². The maximum atomic E-state index is 11.5. The van der Waals surface area contributed by atoms with Gasteiger partial charge in [-0.15, -0.1) is 0 Å². The van der Waals surface area contributed by atoms with E-state index in [1.807, 2.05) is 62.3 Å². The fraction of sp³-hybridized carbons (Fsp3) is 0.830. The lowest BCUT2D eigenvalue weighted by Crippen LogP contribution is -2.35. The molecule has 104 heavy (non-hydrogen) atoms. The molecule has 0 bridgehead atoms. The van der Waals surface area contributed by atoms with Gasteiger partial charge in [-0.3, -0.25) is 19.2 Å². The molecule has 0 saturated carbocycles. The summed E-state index contributed by atoms with van der Waals surface area (Å²) in [5.41, 5.74) is 7.56. The number of carbonyl (C=O) groups is 4. The largest absolute Gasteiger partial charge is 0.374 e. The number of amides is 2. The van der Waals surface area contributed by atoms with Crippen LogP contribution in [0.3, 0.4) is 0 Å². The van der Waals surface area contributed by atoms with Crippen molar-refractivity contribution in [2.24, 2.45) is 59.2 Å². The molecule has 4 atom stereocenters. The highest BCUT2D eigenvalue weighted by Crippen LogP contribution is 2.16. The summed E-state index contributed by atoms with van der Waals surface area (Å²) in [7, 11) is 10.2. The van der Waals surface area contributed by atoms with Crippen molar-refractivity contribution in [1.29, 1.82) is 0 Å². The minimum atomic E-state index is -0.250. The first-order chi connectivity index (χ1) is 47.1. The van der Waals surface area contributed by atoms with Gasteiger partial charge < -0.3 is 28.7 Å². The number of ether oxygens (including phenoxy) is 4. The average molecular weight is 1490 g/mol. The molecule has 10 heteroatoms. The maximum absolute atomic E-state index is 11.5. The summed E-state index contributed by atoms with van der Waals surface area (Å²) in [6, 6.07) is 0.